The van der Waals surface area contributed by atoms with Gasteiger partial charge in [-0.1, -0.05) is 46.3 Å². The fourth-order valence-electron chi connectivity index (χ4n) is 2.65. The maximum absolute atomic E-state index is 4.63. The summed E-state index contributed by atoms with van der Waals surface area (Å²) in [5.41, 5.74) is 8.00. The fourth-order valence-corrected chi connectivity index (χ4v) is 3.57. The van der Waals surface area contributed by atoms with Gasteiger partial charge in [-0.2, -0.15) is 10.2 Å². The third kappa shape index (κ3) is 3.99. The first-order valence-corrected chi connectivity index (χ1v) is 9.98. The van der Waals surface area contributed by atoms with Gasteiger partial charge in [-0.05, 0) is 36.8 Å². The molecule has 0 atom stereocenters. The molecule has 0 bridgehead atoms. The third-order valence-corrected chi connectivity index (χ3v) is 5.31. The molecule has 5 nitrogen and oxygen atoms in total. The summed E-state index contributed by atoms with van der Waals surface area (Å²) in [4.78, 5) is 4.63. The number of rotatable bonds is 5. The molecule has 2 aromatic heterocycles. The molecule has 0 fully saturated rings. The number of halogens is 1. The second-order valence-corrected chi connectivity index (χ2v) is 7.62. The Morgan fingerprint density at radius 1 is 1.11 bits per heavy atom. The van der Waals surface area contributed by atoms with E-state index in [1.807, 2.05) is 77.8 Å². The molecule has 134 valence electrons. The Hall–Kier alpha value is -2.77. The molecule has 0 aliphatic heterocycles. The highest BCUT2D eigenvalue weighted by atomic mass is 79.9. The van der Waals surface area contributed by atoms with E-state index >= 15 is 0 Å². The van der Waals surface area contributed by atoms with Crippen molar-refractivity contribution in [3.05, 3.63) is 81.9 Å². The van der Waals surface area contributed by atoms with Crippen molar-refractivity contribution < 1.29 is 0 Å². The van der Waals surface area contributed by atoms with Gasteiger partial charge in [-0.15, -0.1) is 11.3 Å². The standard InChI is InChI=1S/C20H16BrN5S/c1-14-18(12-23-26(14)17-5-3-2-4-6-17)19-13-27-20(24-19)25-22-11-15-7-9-16(21)10-8-15/h2-13H,1H3,(H,24,25)/b22-11+. The maximum atomic E-state index is 4.63. The Morgan fingerprint density at radius 2 is 1.89 bits per heavy atom. The lowest BCUT2D eigenvalue weighted by molar-refractivity contribution is 0.847. The molecule has 27 heavy (non-hydrogen) atoms. The maximum Gasteiger partial charge on any atom is 0.203 e. The van der Waals surface area contributed by atoms with E-state index in [9.17, 15) is 0 Å². The predicted octanol–water partition coefficient (Wildman–Crippen LogP) is 5.51. The number of aromatic nitrogens is 3. The summed E-state index contributed by atoms with van der Waals surface area (Å²) in [5, 5.41) is 11.5. The van der Waals surface area contributed by atoms with Crippen LogP contribution in [-0.2, 0) is 0 Å². The molecular formula is C20H16BrN5S. The summed E-state index contributed by atoms with van der Waals surface area (Å²) in [6, 6.07) is 18.0. The van der Waals surface area contributed by atoms with Crippen molar-refractivity contribution in [2.75, 3.05) is 5.43 Å². The number of nitrogens with zero attached hydrogens (tertiary/aromatic N) is 4. The van der Waals surface area contributed by atoms with Crippen LogP contribution in [0.3, 0.4) is 0 Å². The van der Waals surface area contributed by atoms with E-state index in [2.05, 4.69) is 36.5 Å². The summed E-state index contributed by atoms with van der Waals surface area (Å²) >= 11 is 4.94. The van der Waals surface area contributed by atoms with Gasteiger partial charge in [0.05, 0.1) is 29.5 Å². The molecule has 1 N–H and O–H groups in total. The van der Waals surface area contributed by atoms with E-state index in [1.165, 1.54) is 11.3 Å². The highest BCUT2D eigenvalue weighted by Gasteiger charge is 2.12. The average molecular weight is 438 g/mol. The largest absolute Gasteiger partial charge is 0.253 e. The van der Waals surface area contributed by atoms with Crippen molar-refractivity contribution >= 4 is 38.6 Å². The number of hydrogen-bond donors (Lipinski definition) is 1. The summed E-state index contributed by atoms with van der Waals surface area (Å²) < 4.78 is 2.97. The van der Waals surface area contributed by atoms with Crippen LogP contribution in [0, 0.1) is 6.92 Å². The van der Waals surface area contributed by atoms with Gasteiger partial charge in [-0.25, -0.2) is 9.67 Å². The quantitative estimate of drug-likeness (QED) is 0.330. The Balaban J connectivity index is 1.50. The first-order chi connectivity index (χ1) is 13.2. The van der Waals surface area contributed by atoms with Crippen molar-refractivity contribution in [3.63, 3.8) is 0 Å². The molecule has 4 aromatic rings. The van der Waals surface area contributed by atoms with Crippen molar-refractivity contribution in [1.29, 1.82) is 0 Å². The van der Waals surface area contributed by atoms with Crippen LogP contribution < -0.4 is 5.43 Å². The van der Waals surface area contributed by atoms with Gasteiger partial charge in [0.2, 0.25) is 5.13 Å². The summed E-state index contributed by atoms with van der Waals surface area (Å²) in [5.74, 6) is 0. The van der Waals surface area contributed by atoms with Crippen molar-refractivity contribution in [2.24, 2.45) is 5.10 Å². The van der Waals surface area contributed by atoms with E-state index in [0.29, 0.717) is 0 Å². The Morgan fingerprint density at radius 3 is 2.67 bits per heavy atom. The Kier molecular flexibility index (Phi) is 5.13. The average Bonchev–Trinajstić information content (AvgIpc) is 3.30. The second-order valence-electron chi connectivity index (χ2n) is 5.85. The zero-order valence-corrected chi connectivity index (χ0v) is 16.9. The van der Waals surface area contributed by atoms with Gasteiger partial charge in [0.25, 0.3) is 0 Å². The van der Waals surface area contributed by atoms with E-state index in [-0.39, 0.29) is 0 Å². The smallest absolute Gasteiger partial charge is 0.203 e. The number of nitrogens with one attached hydrogen (secondary N) is 1. The number of hydrazone groups is 1. The third-order valence-electron chi connectivity index (χ3n) is 4.03. The van der Waals surface area contributed by atoms with E-state index < -0.39 is 0 Å². The van der Waals surface area contributed by atoms with Gasteiger partial charge in [-0.3, -0.25) is 5.43 Å². The lowest BCUT2D eigenvalue weighted by Crippen LogP contribution is -1.98. The van der Waals surface area contributed by atoms with Gasteiger partial charge in [0, 0.05) is 15.4 Å². The molecule has 0 aliphatic carbocycles. The Bertz CT molecular complexity index is 1070. The van der Waals surface area contributed by atoms with Gasteiger partial charge < -0.3 is 0 Å². The first-order valence-electron chi connectivity index (χ1n) is 8.31. The molecule has 0 saturated carbocycles. The predicted molar refractivity (Wildman–Crippen MR) is 115 cm³/mol. The van der Waals surface area contributed by atoms with Crippen molar-refractivity contribution in [3.8, 4) is 16.9 Å². The van der Waals surface area contributed by atoms with Crippen LogP contribution in [0.25, 0.3) is 16.9 Å². The molecule has 0 saturated heterocycles. The number of hydrogen-bond acceptors (Lipinski definition) is 5. The number of para-hydroxylation sites is 1. The van der Waals surface area contributed by atoms with Crippen LogP contribution in [-0.4, -0.2) is 21.0 Å². The van der Waals surface area contributed by atoms with Crippen LogP contribution in [0.5, 0.6) is 0 Å². The van der Waals surface area contributed by atoms with Crippen LogP contribution in [0.2, 0.25) is 0 Å². The summed E-state index contributed by atoms with van der Waals surface area (Å²) in [7, 11) is 0. The lowest BCUT2D eigenvalue weighted by Gasteiger charge is -2.04. The monoisotopic (exact) mass is 437 g/mol. The molecule has 0 spiro atoms. The molecule has 2 aromatic carbocycles. The van der Waals surface area contributed by atoms with Gasteiger partial charge >= 0.3 is 0 Å². The minimum absolute atomic E-state index is 0.741. The van der Waals surface area contributed by atoms with Crippen molar-refractivity contribution in [1.82, 2.24) is 14.8 Å². The van der Waals surface area contributed by atoms with E-state index in [4.69, 9.17) is 0 Å². The zero-order chi connectivity index (χ0) is 18.6. The normalized spacial score (nSPS) is 11.2. The van der Waals surface area contributed by atoms with Crippen LogP contribution in [0.1, 0.15) is 11.3 Å². The molecule has 7 heteroatoms. The lowest BCUT2D eigenvalue weighted by atomic mass is 10.2. The number of anilines is 1. The number of benzene rings is 2. The Labute approximate surface area is 169 Å². The molecule has 4 rings (SSSR count). The summed E-state index contributed by atoms with van der Waals surface area (Å²) in [6.07, 6.45) is 3.62. The molecule has 0 aliphatic rings. The SMILES string of the molecule is Cc1c(-c2csc(N/N=C/c3ccc(Br)cc3)n2)cnn1-c1ccccc1. The highest BCUT2D eigenvalue weighted by Crippen LogP contribution is 2.28. The zero-order valence-electron chi connectivity index (χ0n) is 14.5. The molecular weight excluding hydrogens is 422 g/mol. The minimum Gasteiger partial charge on any atom is -0.253 e. The molecule has 2 heterocycles. The minimum atomic E-state index is 0.741. The first kappa shape index (κ1) is 17.6. The van der Waals surface area contributed by atoms with Crippen LogP contribution in [0.15, 0.2) is 75.7 Å². The topological polar surface area (TPSA) is 55.1 Å². The fraction of sp³-hybridized carbons (Fsp3) is 0.0500. The van der Waals surface area contributed by atoms with Crippen LogP contribution in [0.4, 0.5) is 5.13 Å². The van der Waals surface area contributed by atoms with E-state index in [0.717, 1.165) is 37.8 Å². The van der Waals surface area contributed by atoms with Crippen LogP contribution >= 0.6 is 27.3 Å². The molecule has 0 amide bonds. The second kappa shape index (κ2) is 7.85. The van der Waals surface area contributed by atoms with Gasteiger partial charge in [0.15, 0.2) is 0 Å². The van der Waals surface area contributed by atoms with Gasteiger partial charge in [0.1, 0.15) is 0 Å². The molecule has 0 radical (unpaired) electrons. The molecule has 0 unspecified atom stereocenters. The van der Waals surface area contributed by atoms with Crippen molar-refractivity contribution in [2.45, 2.75) is 6.92 Å². The summed E-state index contributed by atoms with van der Waals surface area (Å²) in [6.45, 7) is 2.05. The highest BCUT2D eigenvalue weighted by molar-refractivity contribution is 9.10. The van der Waals surface area contributed by atoms with E-state index in [1.54, 1.807) is 6.21 Å². The number of thiazole rings is 1.